The Bertz CT molecular complexity index is 734. The van der Waals surface area contributed by atoms with E-state index < -0.39 is 35.0 Å². The van der Waals surface area contributed by atoms with Crippen molar-refractivity contribution in [2.75, 3.05) is 5.32 Å². The first-order valence-corrected chi connectivity index (χ1v) is 6.06. The third kappa shape index (κ3) is 3.22. The number of hydrogen-bond acceptors (Lipinski definition) is 5. The average Bonchev–Trinajstić information content (AvgIpc) is 2.65. The lowest BCUT2D eigenvalue weighted by Gasteiger charge is -2.01. The molecule has 0 saturated heterocycles. The Morgan fingerprint density at radius 2 is 1.77 bits per heavy atom. The van der Waals surface area contributed by atoms with Crippen molar-refractivity contribution >= 4 is 17.8 Å². The van der Waals surface area contributed by atoms with Crippen LogP contribution in [0.25, 0.3) is 11.3 Å². The molecular formula is C14H11F2NO5. The monoisotopic (exact) mass is 311 g/mol. The summed E-state index contributed by atoms with van der Waals surface area (Å²) in [6.07, 6.45) is 0. The molecule has 0 spiro atoms. The van der Waals surface area contributed by atoms with Gasteiger partial charge in [0.05, 0.1) is 0 Å². The predicted molar refractivity (Wildman–Crippen MR) is 71.3 cm³/mol. The summed E-state index contributed by atoms with van der Waals surface area (Å²) >= 11 is 0. The number of halogens is 2. The van der Waals surface area contributed by atoms with Gasteiger partial charge in [0, 0.05) is 25.5 Å². The van der Waals surface area contributed by atoms with Crippen molar-refractivity contribution in [2.45, 2.75) is 13.8 Å². The summed E-state index contributed by atoms with van der Waals surface area (Å²) < 4.78 is 36.4. The Labute approximate surface area is 123 Å². The van der Waals surface area contributed by atoms with E-state index in [9.17, 15) is 23.5 Å². The molecule has 0 radical (unpaired) electrons. The summed E-state index contributed by atoms with van der Waals surface area (Å²) in [5.74, 6) is -4.91. The molecule has 1 heterocycles. The number of ether oxygens (including phenoxy) is 1. The van der Waals surface area contributed by atoms with Gasteiger partial charge in [0.15, 0.2) is 5.76 Å². The Morgan fingerprint density at radius 3 is 2.27 bits per heavy atom. The highest BCUT2D eigenvalue weighted by Gasteiger charge is 2.25. The van der Waals surface area contributed by atoms with Crippen LogP contribution in [-0.4, -0.2) is 17.0 Å². The van der Waals surface area contributed by atoms with Crippen LogP contribution in [0.1, 0.15) is 13.8 Å². The summed E-state index contributed by atoms with van der Waals surface area (Å²) in [4.78, 5) is 22.2. The van der Waals surface area contributed by atoms with Gasteiger partial charge in [-0.2, -0.15) is 0 Å². The van der Waals surface area contributed by atoms with Gasteiger partial charge in [-0.05, 0) is 12.1 Å². The van der Waals surface area contributed by atoms with Crippen LogP contribution in [0.5, 0.6) is 11.5 Å². The third-order valence-corrected chi connectivity index (χ3v) is 2.50. The Hall–Kier alpha value is -2.90. The lowest BCUT2D eigenvalue weighted by Crippen LogP contribution is -2.08. The predicted octanol–water partition coefficient (Wildman–Crippen LogP) is 2.81. The van der Waals surface area contributed by atoms with E-state index in [2.05, 4.69) is 5.32 Å². The molecule has 0 aliphatic carbocycles. The summed E-state index contributed by atoms with van der Waals surface area (Å²) in [7, 11) is 0. The molecule has 2 aromatic rings. The van der Waals surface area contributed by atoms with E-state index in [0.717, 1.165) is 19.1 Å². The lowest BCUT2D eigenvalue weighted by atomic mass is 10.1. The van der Waals surface area contributed by atoms with Gasteiger partial charge >= 0.3 is 5.97 Å². The molecule has 0 saturated carbocycles. The van der Waals surface area contributed by atoms with Crippen LogP contribution < -0.4 is 10.1 Å². The van der Waals surface area contributed by atoms with Gasteiger partial charge < -0.3 is 14.3 Å². The van der Waals surface area contributed by atoms with Crippen LogP contribution >= 0.6 is 0 Å². The highest BCUT2D eigenvalue weighted by Crippen LogP contribution is 2.46. The molecule has 2 rings (SSSR count). The molecule has 8 heteroatoms. The number of furan rings is 1. The fourth-order valence-corrected chi connectivity index (χ4v) is 1.77. The van der Waals surface area contributed by atoms with Crippen molar-refractivity contribution in [3.05, 3.63) is 29.8 Å². The van der Waals surface area contributed by atoms with Crippen molar-refractivity contribution in [3.63, 3.8) is 0 Å². The third-order valence-electron chi connectivity index (χ3n) is 2.50. The van der Waals surface area contributed by atoms with Crippen LogP contribution in [0.4, 0.5) is 14.7 Å². The van der Waals surface area contributed by atoms with Crippen LogP contribution in [-0.2, 0) is 9.59 Å². The van der Waals surface area contributed by atoms with Crippen LogP contribution in [0.2, 0.25) is 0 Å². The summed E-state index contributed by atoms with van der Waals surface area (Å²) in [5, 5.41) is 12.2. The number of benzene rings is 1. The first-order chi connectivity index (χ1) is 10.3. The highest BCUT2D eigenvalue weighted by molar-refractivity contribution is 5.91. The zero-order valence-electron chi connectivity index (χ0n) is 11.6. The molecular weight excluding hydrogens is 300 g/mol. The topological polar surface area (TPSA) is 88.8 Å². The van der Waals surface area contributed by atoms with Crippen LogP contribution in [0, 0.1) is 11.6 Å². The molecule has 1 aromatic carbocycles. The Balaban J connectivity index is 2.58. The zero-order valence-corrected chi connectivity index (χ0v) is 11.6. The average molecular weight is 311 g/mol. The molecule has 0 aliphatic heterocycles. The second kappa shape index (κ2) is 5.84. The number of esters is 1. The van der Waals surface area contributed by atoms with Gasteiger partial charge in [-0.15, -0.1) is 0 Å². The van der Waals surface area contributed by atoms with Gasteiger partial charge in [0.2, 0.25) is 23.3 Å². The summed E-state index contributed by atoms with van der Waals surface area (Å²) in [6, 6.07) is 2.47. The van der Waals surface area contributed by atoms with Gasteiger partial charge in [-0.25, -0.2) is 8.78 Å². The number of carbonyl (C=O) groups is 2. The van der Waals surface area contributed by atoms with Crippen molar-refractivity contribution in [2.24, 2.45) is 0 Å². The number of hydrogen-bond donors (Lipinski definition) is 2. The van der Waals surface area contributed by atoms with E-state index in [1.54, 1.807) is 0 Å². The van der Waals surface area contributed by atoms with Crippen molar-refractivity contribution < 1.29 is 32.6 Å². The van der Waals surface area contributed by atoms with Crippen LogP contribution in [0.15, 0.2) is 22.6 Å². The second-order valence-corrected chi connectivity index (χ2v) is 4.37. The molecule has 2 N–H and O–H groups in total. The van der Waals surface area contributed by atoms with E-state index in [0.29, 0.717) is 6.07 Å². The largest absolute Gasteiger partial charge is 0.502 e. The van der Waals surface area contributed by atoms with E-state index in [1.807, 2.05) is 0 Å². The van der Waals surface area contributed by atoms with Gasteiger partial charge in [0.25, 0.3) is 0 Å². The van der Waals surface area contributed by atoms with Gasteiger partial charge in [-0.1, -0.05) is 0 Å². The van der Waals surface area contributed by atoms with E-state index in [4.69, 9.17) is 9.15 Å². The molecule has 0 atom stereocenters. The maximum absolute atomic E-state index is 13.3. The quantitative estimate of drug-likeness (QED) is 0.851. The van der Waals surface area contributed by atoms with E-state index in [-0.39, 0.29) is 17.2 Å². The zero-order chi connectivity index (χ0) is 16.4. The van der Waals surface area contributed by atoms with E-state index in [1.165, 1.54) is 6.92 Å². The van der Waals surface area contributed by atoms with E-state index >= 15 is 0 Å². The lowest BCUT2D eigenvalue weighted by molar-refractivity contribution is -0.132. The highest BCUT2D eigenvalue weighted by atomic mass is 19.1. The molecule has 6 nitrogen and oxygen atoms in total. The van der Waals surface area contributed by atoms with Crippen LogP contribution in [0.3, 0.4) is 0 Å². The molecule has 1 aromatic heterocycles. The minimum absolute atomic E-state index is 0.125. The fourth-order valence-electron chi connectivity index (χ4n) is 1.77. The number of nitrogens with one attached hydrogen (secondary N) is 1. The Kier molecular flexibility index (Phi) is 4.11. The number of amides is 1. The minimum Gasteiger partial charge on any atom is -0.502 e. The van der Waals surface area contributed by atoms with Crippen molar-refractivity contribution in [1.82, 2.24) is 0 Å². The Morgan fingerprint density at radius 1 is 1.18 bits per heavy atom. The van der Waals surface area contributed by atoms with Crippen molar-refractivity contribution in [3.8, 4) is 22.8 Å². The number of rotatable bonds is 3. The van der Waals surface area contributed by atoms with Crippen molar-refractivity contribution in [1.29, 1.82) is 0 Å². The summed E-state index contributed by atoms with van der Waals surface area (Å²) in [5.41, 5.74) is -0.125. The smallest absolute Gasteiger partial charge is 0.308 e. The number of anilines is 1. The number of carbonyl (C=O) groups excluding carboxylic acids is 2. The molecule has 1 amide bonds. The van der Waals surface area contributed by atoms with Gasteiger partial charge in [-0.3, -0.25) is 14.9 Å². The molecule has 116 valence electrons. The molecule has 0 aliphatic rings. The minimum atomic E-state index is -0.888. The normalized spacial score (nSPS) is 10.4. The fraction of sp³-hybridized carbons (Fsp3) is 0.143. The molecule has 22 heavy (non-hydrogen) atoms. The second-order valence-electron chi connectivity index (χ2n) is 4.37. The molecule has 0 unspecified atom stereocenters. The van der Waals surface area contributed by atoms with Gasteiger partial charge in [0.1, 0.15) is 11.6 Å². The molecule has 0 bridgehead atoms. The first-order valence-electron chi connectivity index (χ1n) is 6.06. The number of aromatic hydroxyl groups is 1. The summed E-state index contributed by atoms with van der Waals surface area (Å²) in [6.45, 7) is 2.24. The maximum atomic E-state index is 13.3. The molecule has 0 fully saturated rings. The SMILES string of the molecule is CC(=O)Nc1oc(-c2cc(F)cc(F)c2)c(O)c1OC(C)=O. The maximum Gasteiger partial charge on any atom is 0.308 e. The first kappa shape index (κ1) is 15.5. The standard InChI is InChI=1S/C14H11F2NO5/c1-6(18)17-14-13(21-7(2)19)11(20)12(22-14)8-3-9(15)5-10(16)4-8/h3-5,20H,1-2H3,(H,17,18).